The van der Waals surface area contributed by atoms with Gasteiger partial charge in [0.1, 0.15) is 11.8 Å². The average molecular weight is 520 g/mol. The van der Waals surface area contributed by atoms with Gasteiger partial charge in [0.2, 0.25) is 0 Å². The number of nitrogens with one attached hydrogen (secondary N) is 1. The summed E-state index contributed by atoms with van der Waals surface area (Å²) in [7, 11) is 1.19. The molecular formula is C30H24F3NO4. The molecule has 0 fully saturated rings. The monoisotopic (exact) mass is 519 g/mol. The standard InChI is InChI=1S/C30H24F3NO4/c1-38-29(37)26(17-19-11-13-21(14-12-19)20-7-3-2-4-8-20)34-28(36)24-18-22(15-16-27(24)35)23-9-5-6-10-25(23)30(31,32)33/h2-16,18,26,35H,17H2,1H3,(H,34,36). The first-order valence-electron chi connectivity index (χ1n) is 11.7. The Kier molecular flexibility index (Phi) is 7.81. The maximum Gasteiger partial charge on any atom is 0.417 e. The van der Waals surface area contributed by atoms with Gasteiger partial charge in [-0.3, -0.25) is 4.79 Å². The van der Waals surface area contributed by atoms with Gasteiger partial charge in [-0.05, 0) is 46.0 Å². The van der Waals surface area contributed by atoms with Gasteiger partial charge < -0.3 is 15.2 Å². The Hall–Kier alpha value is -4.59. The number of rotatable bonds is 7. The Morgan fingerprint density at radius 3 is 2.11 bits per heavy atom. The zero-order valence-corrected chi connectivity index (χ0v) is 20.3. The third-order valence-corrected chi connectivity index (χ3v) is 6.08. The van der Waals surface area contributed by atoms with Crippen molar-refractivity contribution in [2.75, 3.05) is 7.11 Å². The van der Waals surface area contributed by atoms with E-state index in [9.17, 15) is 27.9 Å². The summed E-state index contributed by atoms with van der Waals surface area (Å²) in [5, 5.41) is 12.9. The molecule has 0 aliphatic carbocycles. The highest BCUT2D eigenvalue weighted by molar-refractivity contribution is 6.00. The van der Waals surface area contributed by atoms with E-state index >= 15 is 0 Å². The summed E-state index contributed by atoms with van der Waals surface area (Å²) in [6, 6.07) is 24.6. The lowest BCUT2D eigenvalue weighted by Crippen LogP contribution is -2.43. The highest BCUT2D eigenvalue weighted by Gasteiger charge is 2.33. The van der Waals surface area contributed by atoms with Crippen LogP contribution in [0.4, 0.5) is 13.2 Å². The number of phenols is 1. The van der Waals surface area contributed by atoms with E-state index in [1.165, 1.54) is 31.4 Å². The Bertz CT molecular complexity index is 1430. The normalized spacial score (nSPS) is 12.0. The number of benzene rings is 4. The van der Waals surface area contributed by atoms with Crippen LogP contribution in [0.15, 0.2) is 97.1 Å². The highest BCUT2D eigenvalue weighted by atomic mass is 19.4. The van der Waals surface area contributed by atoms with Crippen molar-refractivity contribution in [1.82, 2.24) is 5.32 Å². The molecule has 38 heavy (non-hydrogen) atoms. The molecular weight excluding hydrogens is 495 g/mol. The molecule has 1 atom stereocenters. The van der Waals surface area contributed by atoms with E-state index in [0.717, 1.165) is 34.9 Å². The summed E-state index contributed by atoms with van der Waals surface area (Å²) >= 11 is 0. The zero-order chi connectivity index (χ0) is 27.3. The van der Waals surface area contributed by atoms with Crippen LogP contribution in [0, 0.1) is 0 Å². The third kappa shape index (κ3) is 6.03. The second-order valence-electron chi connectivity index (χ2n) is 8.59. The van der Waals surface area contributed by atoms with Gasteiger partial charge in [0, 0.05) is 6.42 Å². The van der Waals surface area contributed by atoms with E-state index in [1.54, 1.807) is 0 Å². The highest BCUT2D eigenvalue weighted by Crippen LogP contribution is 2.38. The number of amides is 1. The molecule has 0 saturated carbocycles. The van der Waals surface area contributed by atoms with Crippen LogP contribution in [-0.4, -0.2) is 30.1 Å². The number of carbonyl (C=O) groups is 2. The quantitative estimate of drug-likeness (QED) is 0.283. The van der Waals surface area contributed by atoms with Crippen molar-refractivity contribution in [1.29, 1.82) is 0 Å². The fourth-order valence-electron chi connectivity index (χ4n) is 4.14. The van der Waals surface area contributed by atoms with Crippen molar-refractivity contribution in [3.05, 3.63) is 114 Å². The summed E-state index contributed by atoms with van der Waals surface area (Å²) in [6.45, 7) is 0. The first-order valence-corrected chi connectivity index (χ1v) is 11.7. The van der Waals surface area contributed by atoms with Crippen molar-refractivity contribution in [2.24, 2.45) is 0 Å². The maximum absolute atomic E-state index is 13.5. The number of halogens is 3. The van der Waals surface area contributed by atoms with Crippen molar-refractivity contribution >= 4 is 11.9 Å². The number of aromatic hydroxyl groups is 1. The van der Waals surface area contributed by atoms with Crippen LogP contribution in [0.3, 0.4) is 0 Å². The minimum Gasteiger partial charge on any atom is -0.507 e. The van der Waals surface area contributed by atoms with Crippen molar-refractivity contribution in [3.8, 4) is 28.0 Å². The lowest BCUT2D eigenvalue weighted by molar-refractivity contribution is -0.143. The van der Waals surface area contributed by atoms with Crippen LogP contribution in [0.5, 0.6) is 5.75 Å². The van der Waals surface area contributed by atoms with E-state index in [2.05, 4.69) is 5.32 Å². The second-order valence-corrected chi connectivity index (χ2v) is 8.59. The molecule has 0 radical (unpaired) electrons. The minimum absolute atomic E-state index is 0.0898. The van der Waals surface area contributed by atoms with Crippen LogP contribution in [0.2, 0.25) is 0 Å². The Morgan fingerprint density at radius 2 is 1.45 bits per heavy atom. The van der Waals surface area contributed by atoms with Crippen molar-refractivity contribution < 1.29 is 32.6 Å². The fraction of sp³-hybridized carbons (Fsp3) is 0.133. The van der Waals surface area contributed by atoms with E-state index in [1.807, 2.05) is 54.6 Å². The van der Waals surface area contributed by atoms with Crippen LogP contribution < -0.4 is 5.32 Å². The summed E-state index contributed by atoms with van der Waals surface area (Å²) < 4.78 is 45.4. The minimum atomic E-state index is -4.61. The SMILES string of the molecule is COC(=O)C(Cc1ccc(-c2ccccc2)cc1)NC(=O)c1cc(-c2ccccc2C(F)(F)F)ccc1O. The lowest BCUT2D eigenvalue weighted by Gasteiger charge is -2.18. The van der Waals surface area contributed by atoms with Gasteiger partial charge in [-0.1, -0.05) is 78.9 Å². The van der Waals surface area contributed by atoms with E-state index in [-0.39, 0.29) is 23.1 Å². The molecule has 194 valence electrons. The van der Waals surface area contributed by atoms with Gasteiger partial charge in [0.05, 0.1) is 18.2 Å². The summed E-state index contributed by atoms with van der Waals surface area (Å²) in [4.78, 5) is 25.6. The van der Waals surface area contributed by atoms with Crippen molar-refractivity contribution in [2.45, 2.75) is 18.6 Å². The number of hydrogen-bond acceptors (Lipinski definition) is 4. The molecule has 2 N–H and O–H groups in total. The first kappa shape index (κ1) is 26.5. The van der Waals surface area contributed by atoms with Gasteiger partial charge in [-0.25, -0.2) is 4.79 Å². The molecule has 4 rings (SSSR count). The van der Waals surface area contributed by atoms with Crippen LogP contribution in [0.1, 0.15) is 21.5 Å². The largest absolute Gasteiger partial charge is 0.507 e. The van der Waals surface area contributed by atoms with Crippen LogP contribution in [0.25, 0.3) is 22.3 Å². The molecule has 0 aliphatic heterocycles. The summed E-state index contributed by atoms with van der Waals surface area (Å²) in [6.07, 6.45) is -4.51. The molecule has 4 aromatic carbocycles. The summed E-state index contributed by atoms with van der Waals surface area (Å²) in [5.74, 6) is -1.97. The molecule has 0 saturated heterocycles. The zero-order valence-electron chi connectivity index (χ0n) is 20.3. The topological polar surface area (TPSA) is 75.6 Å². The number of esters is 1. The molecule has 1 unspecified atom stereocenters. The predicted molar refractivity (Wildman–Crippen MR) is 137 cm³/mol. The molecule has 4 aromatic rings. The molecule has 0 aromatic heterocycles. The predicted octanol–water partition coefficient (Wildman–Crippen LogP) is 6.26. The lowest BCUT2D eigenvalue weighted by atomic mass is 9.97. The molecule has 0 spiro atoms. The van der Waals surface area contributed by atoms with Gasteiger partial charge in [0.25, 0.3) is 5.91 Å². The number of alkyl halides is 3. The Balaban J connectivity index is 1.57. The van der Waals surface area contributed by atoms with E-state index < -0.39 is 35.4 Å². The molecule has 0 bridgehead atoms. The number of carbonyl (C=O) groups excluding carboxylic acids is 2. The van der Waals surface area contributed by atoms with Gasteiger partial charge >= 0.3 is 12.1 Å². The number of ether oxygens (including phenoxy) is 1. The average Bonchev–Trinajstić information content (AvgIpc) is 2.93. The second kappa shape index (κ2) is 11.2. The Labute approximate surface area is 217 Å². The third-order valence-electron chi connectivity index (χ3n) is 6.08. The number of hydrogen-bond donors (Lipinski definition) is 2. The van der Waals surface area contributed by atoms with Crippen LogP contribution >= 0.6 is 0 Å². The van der Waals surface area contributed by atoms with Gasteiger partial charge in [-0.15, -0.1) is 0 Å². The maximum atomic E-state index is 13.5. The van der Waals surface area contributed by atoms with E-state index in [4.69, 9.17) is 4.74 Å². The number of methoxy groups -OCH3 is 1. The Morgan fingerprint density at radius 1 is 0.842 bits per heavy atom. The molecule has 8 heteroatoms. The fourth-order valence-corrected chi connectivity index (χ4v) is 4.14. The van der Waals surface area contributed by atoms with Crippen molar-refractivity contribution in [3.63, 3.8) is 0 Å². The van der Waals surface area contributed by atoms with Gasteiger partial charge in [0.15, 0.2) is 0 Å². The number of phenolic OH excluding ortho intramolecular Hbond substituents is 1. The molecule has 1 amide bonds. The molecule has 0 aliphatic rings. The van der Waals surface area contributed by atoms with Crippen LogP contribution in [-0.2, 0) is 22.1 Å². The summed E-state index contributed by atoms with van der Waals surface area (Å²) in [5.41, 5.74) is 1.56. The molecule has 5 nitrogen and oxygen atoms in total. The first-order chi connectivity index (χ1) is 18.2. The van der Waals surface area contributed by atoms with Gasteiger partial charge in [-0.2, -0.15) is 13.2 Å². The smallest absolute Gasteiger partial charge is 0.417 e. The molecule has 0 heterocycles. The van der Waals surface area contributed by atoms with E-state index in [0.29, 0.717) is 0 Å².